The van der Waals surface area contributed by atoms with Crippen LogP contribution < -0.4 is 21.5 Å². The first kappa shape index (κ1) is 22.2. The molecule has 0 atom stereocenters. The molecule has 1 aliphatic heterocycles. The maximum absolute atomic E-state index is 5.96. The Morgan fingerprint density at radius 2 is 1.79 bits per heavy atom. The SMILES string of the molecule is CCNC(=S)N/N=C/C(=N\NC(=S)NCC)c1ccc(CN2CCOCC2)o1. The van der Waals surface area contributed by atoms with E-state index in [0.29, 0.717) is 34.8 Å². The van der Waals surface area contributed by atoms with E-state index < -0.39 is 0 Å². The second-order valence-corrected chi connectivity index (χ2v) is 6.67. The summed E-state index contributed by atoms with van der Waals surface area (Å²) in [6.07, 6.45) is 1.53. The molecule has 11 heteroatoms. The van der Waals surface area contributed by atoms with Crippen molar-refractivity contribution in [3.63, 3.8) is 0 Å². The van der Waals surface area contributed by atoms with Crippen LogP contribution in [0.3, 0.4) is 0 Å². The van der Waals surface area contributed by atoms with Gasteiger partial charge in [0.2, 0.25) is 0 Å². The molecule has 0 unspecified atom stereocenters. The standard InChI is InChI=1S/C17H27N7O2S2/c1-3-18-16(27)22-20-11-14(21-23-17(28)19-4-2)15-6-5-13(26-15)12-24-7-9-25-10-8-24/h5-6,11H,3-4,7-10,12H2,1-2H3,(H2,18,22,27)(H2,19,23,28)/b20-11+,21-14+. The summed E-state index contributed by atoms with van der Waals surface area (Å²) in [7, 11) is 0. The Kier molecular flexibility index (Phi) is 9.83. The van der Waals surface area contributed by atoms with Crippen molar-refractivity contribution >= 4 is 46.6 Å². The van der Waals surface area contributed by atoms with Gasteiger partial charge in [0.05, 0.1) is 26.0 Å². The van der Waals surface area contributed by atoms with Crippen LogP contribution >= 0.6 is 24.4 Å². The fourth-order valence-corrected chi connectivity index (χ4v) is 2.78. The van der Waals surface area contributed by atoms with Gasteiger partial charge in [0.1, 0.15) is 11.5 Å². The topological polar surface area (TPSA) is 98.5 Å². The minimum atomic E-state index is 0.421. The van der Waals surface area contributed by atoms with Gasteiger partial charge in [0, 0.05) is 26.2 Å². The largest absolute Gasteiger partial charge is 0.458 e. The molecule has 1 aliphatic rings. The van der Waals surface area contributed by atoms with Crippen LogP contribution in [0.4, 0.5) is 0 Å². The van der Waals surface area contributed by atoms with Crippen molar-refractivity contribution in [2.75, 3.05) is 39.4 Å². The van der Waals surface area contributed by atoms with Gasteiger partial charge in [0.15, 0.2) is 16.0 Å². The number of hydrazone groups is 2. The summed E-state index contributed by atoms with van der Waals surface area (Å²) in [5, 5.41) is 15.2. The maximum Gasteiger partial charge on any atom is 0.186 e. The monoisotopic (exact) mass is 425 g/mol. The molecule has 2 heterocycles. The molecule has 154 valence electrons. The zero-order valence-electron chi connectivity index (χ0n) is 16.2. The van der Waals surface area contributed by atoms with Crippen molar-refractivity contribution in [2.24, 2.45) is 10.2 Å². The van der Waals surface area contributed by atoms with E-state index >= 15 is 0 Å². The molecule has 1 saturated heterocycles. The van der Waals surface area contributed by atoms with E-state index in [1.165, 1.54) is 6.21 Å². The number of ether oxygens (including phenoxy) is 1. The third kappa shape index (κ3) is 7.89. The summed E-state index contributed by atoms with van der Waals surface area (Å²) in [6.45, 7) is 9.32. The number of furan rings is 1. The molecule has 1 aromatic heterocycles. The molecule has 0 amide bonds. The second-order valence-electron chi connectivity index (χ2n) is 5.85. The van der Waals surface area contributed by atoms with Gasteiger partial charge in [-0.1, -0.05) is 0 Å². The van der Waals surface area contributed by atoms with E-state index in [1.54, 1.807) is 0 Å². The van der Waals surface area contributed by atoms with Gasteiger partial charge in [-0.2, -0.15) is 10.2 Å². The van der Waals surface area contributed by atoms with Gasteiger partial charge in [0.25, 0.3) is 0 Å². The van der Waals surface area contributed by atoms with E-state index in [1.807, 2.05) is 26.0 Å². The van der Waals surface area contributed by atoms with Crippen LogP contribution in [0.15, 0.2) is 26.8 Å². The molecule has 28 heavy (non-hydrogen) atoms. The van der Waals surface area contributed by atoms with Crippen LogP contribution in [0.5, 0.6) is 0 Å². The van der Waals surface area contributed by atoms with Crippen molar-refractivity contribution < 1.29 is 9.15 Å². The fourth-order valence-electron chi connectivity index (χ4n) is 2.39. The van der Waals surface area contributed by atoms with Crippen LogP contribution in [0.2, 0.25) is 0 Å². The lowest BCUT2D eigenvalue weighted by Gasteiger charge is -2.25. The van der Waals surface area contributed by atoms with Gasteiger partial charge < -0.3 is 19.8 Å². The zero-order valence-corrected chi connectivity index (χ0v) is 17.8. The van der Waals surface area contributed by atoms with E-state index in [2.05, 4.69) is 36.6 Å². The molecule has 0 radical (unpaired) electrons. The predicted molar refractivity (Wildman–Crippen MR) is 119 cm³/mol. The molecule has 9 nitrogen and oxygen atoms in total. The molecule has 0 spiro atoms. The van der Waals surface area contributed by atoms with Gasteiger partial charge >= 0.3 is 0 Å². The van der Waals surface area contributed by atoms with Crippen LogP contribution in [0, 0.1) is 0 Å². The first-order valence-electron chi connectivity index (χ1n) is 9.20. The van der Waals surface area contributed by atoms with Crippen molar-refractivity contribution in [2.45, 2.75) is 20.4 Å². The number of nitrogens with zero attached hydrogens (tertiary/aromatic N) is 3. The molecule has 0 saturated carbocycles. The van der Waals surface area contributed by atoms with Crippen molar-refractivity contribution in [3.8, 4) is 0 Å². The Morgan fingerprint density at radius 1 is 1.11 bits per heavy atom. The molecule has 0 aromatic carbocycles. The smallest absolute Gasteiger partial charge is 0.186 e. The summed E-state index contributed by atoms with van der Waals surface area (Å²) < 4.78 is 11.3. The average molecular weight is 426 g/mol. The summed E-state index contributed by atoms with van der Waals surface area (Å²) in [6, 6.07) is 3.80. The maximum atomic E-state index is 5.96. The molecule has 0 bridgehead atoms. The highest BCUT2D eigenvalue weighted by atomic mass is 32.1. The third-order valence-electron chi connectivity index (χ3n) is 3.70. The van der Waals surface area contributed by atoms with Gasteiger partial charge in [-0.25, -0.2) is 0 Å². The van der Waals surface area contributed by atoms with E-state index in [-0.39, 0.29) is 0 Å². The fraction of sp³-hybridized carbons (Fsp3) is 0.529. The van der Waals surface area contributed by atoms with Crippen LogP contribution in [0.1, 0.15) is 25.4 Å². The second kappa shape index (κ2) is 12.4. The number of thiocarbonyl (C=S) groups is 2. The highest BCUT2D eigenvalue weighted by Crippen LogP contribution is 2.12. The number of hydrogen-bond donors (Lipinski definition) is 4. The third-order valence-corrected chi connectivity index (χ3v) is 4.17. The predicted octanol–water partition coefficient (Wildman–Crippen LogP) is 0.770. The normalized spacial score (nSPS) is 15.4. The van der Waals surface area contributed by atoms with Gasteiger partial charge in [-0.3, -0.25) is 15.8 Å². The lowest BCUT2D eigenvalue weighted by Crippen LogP contribution is -2.35. The average Bonchev–Trinajstić information content (AvgIpc) is 3.14. The summed E-state index contributed by atoms with van der Waals surface area (Å²) in [4.78, 5) is 2.28. The van der Waals surface area contributed by atoms with E-state index in [9.17, 15) is 0 Å². The number of rotatable bonds is 8. The Morgan fingerprint density at radius 3 is 2.46 bits per heavy atom. The Bertz CT molecular complexity index is 699. The molecular weight excluding hydrogens is 398 g/mol. The lowest BCUT2D eigenvalue weighted by atomic mass is 10.3. The van der Waals surface area contributed by atoms with Crippen molar-refractivity contribution in [1.82, 2.24) is 26.4 Å². The molecule has 4 N–H and O–H groups in total. The highest BCUT2D eigenvalue weighted by molar-refractivity contribution is 7.80. The number of hydrogen-bond acceptors (Lipinski definition) is 7. The minimum Gasteiger partial charge on any atom is -0.458 e. The van der Waals surface area contributed by atoms with Crippen molar-refractivity contribution in [1.29, 1.82) is 0 Å². The Hall–Kier alpha value is -2.08. The molecular formula is C17H27N7O2S2. The zero-order chi connectivity index (χ0) is 20.2. The number of morpholine rings is 1. The molecule has 1 fully saturated rings. The highest BCUT2D eigenvalue weighted by Gasteiger charge is 2.14. The summed E-state index contributed by atoms with van der Waals surface area (Å²) >= 11 is 10.3. The molecule has 2 rings (SSSR count). The minimum absolute atomic E-state index is 0.421. The first-order chi connectivity index (χ1) is 13.6. The Balaban J connectivity index is 2.06. The first-order valence-corrected chi connectivity index (χ1v) is 10.0. The number of nitrogens with one attached hydrogen (secondary N) is 4. The van der Waals surface area contributed by atoms with Gasteiger partial charge in [-0.15, -0.1) is 0 Å². The van der Waals surface area contributed by atoms with Crippen molar-refractivity contribution in [3.05, 3.63) is 23.7 Å². The molecule has 0 aliphatic carbocycles. The van der Waals surface area contributed by atoms with Crippen LogP contribution in [-0.4, -0.2) is 66.4 Å². The van der Waals surface area contributed by atoms with E-state index in [0.717, 1.165) is 38.6 Å². The summed E-state index contributed by atoms with van der Waals surface area (Å²) in [5.74, 6) is 1.43. The summed E-state index contributed by atoms with van der Waals surface area (Å²) in [5.41, 5.74) is 6.01. The van der Waals surface area contributed by atoms with Crippen LogP contribution in [-0.2, 0) is 11.3 Å². The van der Waals surface area contributed by atoms with Gasteiger partial charge in [-0.05, 0) is 50.4 Å². The van der Waals surface area contributed by atoms with E-state index in [4.69, 9.17) is 33.6 Å². The Labute approximate surface area is 175 Å². The molecule has 1 aromatic rings. The quantitative estimate of drug-likeness (QED) is 0.273. The van der Waals surface area contributed by atoms with Crippen LogP contribution in [0.25, 0.3) is 0 Å². The lowest BCUT2D eigenvalue weighted by molar-refractivity contribution is 0.0313.